The number of hydrogen-bond donors (Lipinski definition) is 1. The first-order valence-corrected chi connectivity index (χ1v) is 9.50. The maximum atomic E-state index is 13.2. The lowest BCUT2D eigenvalue weighted by Crippen LogP contribution is -2.35. The molecule has 1 N–H and O–H groups in total. The van der Waals surface area contributed by atoms with Gasteiger partial charge in [0.25, 0.3) is 5.91 Å². The topological polar surface area (TPSA) is 63.1 Å². The normalized spacial score (nSPS) is 19.0. The number of benzene rings is 1. The third-order valence-electron chi connectivity index (χ3n) is 5.30. The van der Waals surface area contributed by atoms with Crippen LogP contribution in [0.25, 0.3) is 0 Å². The number of piperidine rings is 1. The average Bonchev–Trinajstić information content (AvgIpc) is 3.33. The van der Waals surface area contributed by atoms with Crippen molar-refractivity contribution >= 4 is 5.91 Å². The molecule has 2 aromatic rings. The van der Waals surface area contributed by atoms with Gasteiger partial charge in [-0.15, -0.1) is 5.10 Å². The smallest absolute Gasteiger partial charge is 0.348 e. The first-order valence-electron chi connectivity index (χ1n) is 9.50. The average molecular weight is 393 g/mol. The van der Waals surface area contributed by atoms with E-state index >= 15 is 0 Å². The standard InChI is InChI=1S/C19H22F3N5O/c20-19(21,22)16-4-2-1-3-13(16)11-26-9-7-15(8-10-26)27-12-17(24-25-27)18(28)23-14-5-6-14/h1-4,12,14-15H,5-11H2,(H,23,28). The predicted molar refractivity (Wildman–Crippen MR) is 95.5 cm³/mol. The lowest BCUT2D eigenvalue weighted by Gasteiger charge is -2.32. The van der Waals surface area contributed by atoms with Crippen molar-refractivity contribution in [1.29, 1.82) is 0 Å². The largest absolute Gasteiger partial charge is 0.416 e. The van der Waals surface area contributed by atoms with E-state index in [0.29, 0.717) is 24.3 Å². The summed E-state index contributed by atoms with van der Waals surface area (Å²) in [7, 11) is 0. The zero-order chi connectivity index (χ0) is 19.7. The molecule has 2 fully saturated rings. The van der Waals surface area contributed by atoms with E-state index in [1.807, 2.05) is 4.90 Å². The van der Waals surface area contributed by atoms with Crippen molar-refractivity contribution in [3.8, 4) is 0 Å². The number of aromatic nitrogens is 3. The fourth-order valence-corrected chi connectivity index (χ4v) is 3.56. The van der Waals surface area contributed by atoms with Crippen LogP contribution in [0, 0.1) is 0 Å². The van der Waals surface area contributed by atoms with Crippen molar-refractivity contribution in [2.24, 2.45) is 0 Å². The summed E-state index contributed by atoms with van der Waals surface area (Å²) < 4.78 is 41.2. The molecule has 1 amide bonds. The van der Waals surface area contributed by atoms with Crippen LogP contribution >= 0.6 is 0 Å². The molecule has 0 unspecified atom stereocenters. The van der Waals surface area contributed by atoms with Gasteiger partial charge in [0.2, 0.25) is 0 Å². The van der Waals surface area contributed by atoms with E-state index in [0.717, 1.165) is 31.7 Å². The van der Waals surface area contributed by atoms with Gasteiger partial charge in [-0.05, 0) is 37.3 Å². The second kappa shape index (κ2) is 7.54. The molecule has 1 aromatic heterocycles. The molecular weight excluding hydrogens is 371 g/mol. The molecule has 6 nitrogen and oxygen atoms in total. The van der Waals surface area contributed by atoms with E-state index < -0.39 is 11.7 Å². The Balaban J connectivity index is 1.34. The van der Waals surface area contributed by atoms with E-state index in [1.165, 1.54) is 12.1 Å². The lowest BCUT2D eigenvalue weighted by atomic mass is 10.0. The number of likely N-dealkylation sites (tertiary alicyclic amines) is 1. The molecule has 4 rings (SSSR count). The SMILES string of the molecule is O=C(NC1CC1)c1cn(C2CCN(Cc3ccccc3C(F)(F)F)CC2)nn1. The Bertz CT molecular complexity index is 838. The van der Waals surface area contributed by atoms with Crippen molar-refractivity contribution in [3.63, 3.8) is 0 Å². The van der Waals surface area contributed by atoms with Gasteiger partial charge in [0.15, 0.2) is 5.69 Å². The zero-order valence-electron chi connectivity index (χ0n) is 15.3. The Morgan fingerprint density at radius 3 is 2.54 bits per heavy atom. The molecule has 0 bridgehead atoms. The second-order valence-electron chi connectivity index (χ2n) is 7.49. The lowest BCUT2D eigenvalue weighted by molar-refractivity contribution is -0.138. The summed E-state index contributed by atoms with van der Waals surface area (Å²) in [6.07, 6.45) is 0.845. The van der Waals surface area contributed by atoms with Gasteiger partial charge in [-0.3, -0.25) is 9.69 Å². The predicted octanol–water partition coefficient (Wildman–Crippen LogP) is 3.03. The summed E-state index contributed by atoms with van der Waals surface area (Å²) in [5.41, 5.74) is 0.0430. The van der Waals surface area contributed by atoms with Gasteiger partial charge >= 0.3 is 6.18 Å². The van der Waals surface area contributed by atoms with Gasteiger partial charge in [-0.25, -0.2) is 4.68 Å². The number of carbonyl (C=O) groups is 1. The highest BCUT2D eigenvalue weighted by molar-refractivity contribution is 5.92. The fourth-order valence-electron chi connectivity index (χ4n) is 3.56. The van der Waals surface area contributed by atoms with Crippen LogP contribution in [0.2, 0.25) is 0 Å². The molecule has 28 heavy (non-hydrogen) atoms. The monoisotopic (exact) mass is 393 g/mol. The maximum Gasteiger partial charge on any atom is 0.416 e. The van der Waals surface area contributed by atoms with Crippen LogP contribution in [0.5, 0.6) is 0 Å². The molecule has 0 radical (unpaired) electrons. The Kier molecular flexibility index (Phi) is 5.09. The van der Waals surface area contributed by atoms with Crippen LogP contribution in [-0.2, 0) is 12.7 Å². The molecule has 2 heterocycles. The van der Waals surface area contributed by atoms with Crippen molar-refractivity contribution < 1.29 is 18.0 Å². The molecule has 1 saturated heterocycles. The van der Waals surface area contributed by atoms with Crippen LogP contribution in [0.15, 0.2) is 30.5 Å². The first kappa shape index (κ1) is 18.9. The fraction of sp³-hybridized carbons (Fsp3) is 0.526. The van der Waals surface area contributed by atoms with E-state index in [2.05, 4.69) is 15.6 Å². The molecular formula is C19H22F3N5O. The number of nitrogens with one attached hydrogen (secondary N) is 1. The van der Waals surface area contributed by atoms with Crippen LogP contribution < -0.4 is 5.32 Å². The van der Waals surface area contributed by atoms with Gasteiger partial charge in [-0.1, -0.05) is 23.4 Å². The minimum absolute atomic E-state index is 0.101. The Morgan fingerprint density at radius 1 is 1.14 bits per heavy atom. The van der Waals surface area contributed by atoms with E-state index in [4.69, 9.17) is 0 Å². The third kappa shape index (κ3) is 4.35. The molecule has 2 aliphatic rings. The summed E-state index contributed by atoms with van der Waals surface area (Å²) in [6.45, 7) is 1.61. The summed E-state index contributed by atoms with van der Waals surface area (Å²) in [4.78, 5) is 14.1. The molecule has 1 aliphatic carbocycles. The van der Waals surface area contributed by atoms with E-state index in [-0.39, 0.29) is 24.5 Å². The number of nitrogens with zero attached hydrogens (tertiary/aromatic N) is 4. The van der Waals surface area contributed by atoms with Crippen molar-refractivity contribution in [2.45, 2.75) is 50.5 Å². The summed E-state index contributed by atoms with van der Waals surface area (Å²) >= 11 is 0. The Labute approximate surface area is 160 Å². The van der Waals surface area contributed by atoms with E-state index in [9.17, 15) is 18.0 Å². The molecule has 0 atom stereocenters. The minimum atomic E-state index is -4.34. The van der Waals surface area contributed by atoms with E-state index in [1.54, 1.807) is 16.9 Å². The highest BCUT2D eigenvalue weighted by atomic mass is 19.4. The molecule has 9 heteroatoms. The van der Waals surface area contributed by atoms with Gasteiger partial charge in [-0.2, -0.15) is 13.2 Å². The van der Waals surface area contributed by atoms with Gasteiger partial charge in [0, 0.05) is 25.7 Å². The summed E-state index contributed by atoms with van der Waals surface area (Å²) in [6, 6.07) is 6.09. The van der Waals surface area contributed by atoms with Crippen LogP contribution in [-0.4, -0.2) is 44.9 Å². The number of rotatable bonds is 5. The number of alkyl halides is 3. The molecule has 1 aliphatic heterocycles. The number of amides is 1. The highest BCUT2D eigenvalue weighted by Gasteiger charge is 2.33. The molecule has 0 spiro atoms. The van der Waals surface area contributed by atoms with Crippen LogP contribution in [0.3, 0.4) is 0 Å². The van der Waals surface area contributed by atoms with Gasteiger partial charge in [0.05, 0.1) is 17.8 Å². The number of halogens is 3. The van der Waals surface area contributed by atoms with Crippen LogP contribution in [0.1, 0.15) is 53.3 Å². The summed E-state index contributed by atoms with van der Waals surface area (Å²) in [5, 5.41) is 10.9. The number of hydrogen-bond acceptors (Lipinski definition) is 4. The van der Waals surface area contributed by atoms with Crippen molar-refractivity contribution in [3.05, 3.63) is 47.3 Å². The van der Waals surface area contributed by atoms with Gasteiger partial charge in [0.1, 0.15) is 0 Å². The second-order valence-corrected chi connectivity index (χ2v) is 7.49. The first-order chi connectivity index (χ1) is 13.4. The van der Waals surface area contributed by atoms with Crippen LogP contribution in [0.4, 0.5) is 13.2 Å². The van der Waals surface area contributed by atoms with Crippen molar-refractivity contribution in [1.82, 2.24) is 25.2 Å². The molecule has 1 saturated carbocycles. The highest BCUT2D eigenvalue weighted by Crippen LogP contribution is 2.33. The van der Waals surface area contributed by atoms with Gasteiger partial charge < -0.3 is 5.32 Å². The quantitative estimate of drug-likeness (QED) is 0.848. The maximum absolute atomic E-state index is 13.2. The molecule has 150 valence electrons. The molecule has 1 aromatic carbocycles. The van der Waals surface area contributed by atoms with Crippen molar-refractivity contribution in [2.75, 3.05) is 13.1 Å². The third-order valence-corrected chi connectivity index (χ3v) is 5.30. The number of carbonyl (C=O) groups excluding carboxylic acids is 1. The zero-order valence-corrected chi connectivity index (χ0v) is 15.3. The summed E-state index contributed by atoms with van der Waals surface area (Å²) in [5.74, 6) is -0.199. The Hall–Kier alpha value is -2.42. The Morgan fingerprint density at radius 2 is 1.86 bits per heavy atom. The minimum Gasteiger partial charge on any atom is -0.348 e.